The summed E-state index contributed by atoms with van der Waals surface area (Å²) in [5.41, 5.74) is 0. The predicted octanol–water partition coefficient (Wildman–Crippen LogP) is 4.16. The van der Waals surface area contributed by atoms with Crippen molar-refractivity contribution in [3.05, 3.63) is 0 Å². The topological polar surface area (TPSA) is 0 Å². The van der Waals surface area contributed by atoms with Crippen LogP contribution in [0.1, 0.15) is 58.3 Å². The van der Waals surface area contributed by atoms with Crippen LogP contribution in [0.2, 0.25) is 0 Å². The Morgan fingerprint density at radius 2 is 1.69 bits per heavy atom. The Hall–Kier alpha value is 0.300. The van der Waals surface area contributed by atoms with Crippen molar-refractivity contribution in [1.82, 2.24) is 0 Å². The lowest BCUT2D eigenvalue weighted by atomic mass is 10.1. The van der Waals surface area contributed by atoms with Gasteiger partial charge in [-0.25, -0.2) is 0 Å². The largest absolute Gasteiger partial charge is 0.122 e. The molecule has 1 fully saturated rings. The molecule has 0 nitrogen and oxygen atoms in total. The van der Waals surface area contributed by atoms with E-state index in [1.165, 1.54) is 51.4 Å². The molecule has 0 amide bonds. The Morgan fingerprint density at radius 1 is 1.00 bits per heavy atom. The number of hydrogen-bond donors (Lipinski definition) is 0. The Morgan fingerprint density at radius 3 is 2.38 bits per heavy atom. The zero-order chi connectivity index (χ0) is 9.36. The molecule has 1 saturated heterocycles. The minimum absolute atomic E-state index is 0.0703. The van der Waals surface area contributed by atoms with E-state index >= 15 is 0 Å². The zero-order valence-electron chi connectivity index (χ0n) is 9.15. The molecule has 0 aromatic carbocycles. The van der Waals surface area contributed by atoms with Crippen molar-refractivity contribution in [3.8, 4) is 0 Å². The molecule has 1 aliphatic rings. The normalized spacial score (nSPS) is 17.9. The Kier molecular flexibility index (Phi) is 6.72. The van der Waals surface area contributed by atoms with E-state index in [4.69, 9.17) is 0 Å². The Bertz CT molecular complexity index is 141. The molecule has 78 valence electrons. The highest BCUT2D eigenvalue weighted by Crippen LogP contribution is 2.32. The first-order valence-corrected chi connectivity index (χ1v) is 8.10. The third-order valence-corrected chi connectivity index (χ3v) is 5.84. The molecule has 0 aliphatic carbocycles. The first-order valence-electron chi connectivity index (χ1n) is 6.11. The highest BCUT2D eigenvalue weighted by atomic mass is 31.1. The predicted molar refractivity (Wildman–Crippen MR) is 66.7 cm³/mol. The highest BCUT2D eigenvalue weighted by Gasteiger charge is 2.03. The molecule has 0 aromatic rings. The van der Waals surface area contributed by atoms with Gasteiger partial charge in [0, 0.05) is 0 Å². The molecule has 1 heterocycles. The van der Waals surface area contributed by atoms with Gasteiger partial charge < -0.3 is 0 Å². The lowest BCUT2D eigenvalue weighted by Gasteiger charge is -1.98. The summed E-state index contributed by atoms with van der Waals surface area (Å²) in [5, 5.41) is 0. The summed E-state index contributed by atoms with van der Waals surface area (Å²) in [7, 11) is 0.0703. The van der Waals surface area contributed by atoms with Crippen molar-refractivity contribution >= 4 is 13.3 Å². The van der Waals surface area contributed by atoms with Crippen molar-refractivity contribution in [1.29, 1.82) is 0 Å². The molecule has 0 radical (unpaired) electrons. The van der Waals surface area contributed by atoms with Gasteiger partial charge in [-0.3, -0.25) is 0 Å². The summed E-state index contributed by atoms with van der Waals surface area (Å²) >= 11 is 0. The maximum atomic E-state index is 2.70. The molecular formula is C12H25P. The van der Waals surface area contributed by atoms with Crippen LogP contribution >= 0.6 is 7.55 Å². The van der Waals surface area contributed by atoms with Crippen LogP contribution in [0.3, 0.4) is 0 Å². The molecule has 0 unspecified atom stereocenters. The Balaban J connectivity index is 1.91. The first kappa shape index (κ1) is 11.4. The van der Waals surface area contributed by atoms with Gasteiger partial charge in [-0.05, 0) is 38.0 Å². The SMILES string of the molecule is CCCCCCCC=[PH]1CCCC1. The number of hydrogen-bond acceptors (Lipinski definition) is 0. The maximum Gasteiger partial charge on any atom is -0.0348 e. The maximum absolute atomic E-state index is 2.70. The third-order valence-electron chi connectivity index (χ3n) is 2.99. The number of rotatable bonds is 6. The van der Waals surface area contributed by atoms with E-state index in [-0.39, 0.29) is 7.55 Å². The standard InChI is InChI=1S/C12H25P/c1-2-3-4-5-6-7-10-13-11-8-9-12-13/h10,13H,2-9,11-12H2,1H3. The van der Waals surface area contributed by atoms with Gasteiger partial charge in [-0.2, -0.15) is 0 Å². The van der Waals surface area contributed by atoms with Crippen molar-refractivity contribution in [2.45, 2.75) is 58.3 Å². The Labute approximate surface area is 84.5 Å². The summed E-state index contributed by atoms with van der Waals surface area (Å²) < 4.78 is 0. The molecule has 1 heteroatoms. The van der Waals surface area contributed by atoms with Crippen LogP contribution in [-0.4, -0.2) is 18.1 Å². The number of unbranched alkanes of at least 4 members (excludes halogenated alkanes) is 5. The average molecular weight is 200 g/mol. The van der Waals surface area contributed by atoms with Crippen LogP contribution in [0, 0.1) is 0 Å². The van der Waals surface area contributed by atoms with E-state index in [1.54, 1.807) is 12.3 Å². The van der Waals surface area contributed by atoms with Gasteiger partial charge in [0.25, 0.3) is 0 Å². The smallest absolute Gasteiger partial charge is 0.0348 e. The van der Waals surface area contributed by atoms with Crippen molar-refractivity contribution in [2.24, 2.45) is 0 Å². The fourth-order valence-electron chi connectivity index (χ4n) is 2.09. The quantitative estimate of drug-likeness (QED) is 0.446. The zero-order valence-corrected chi connectivity index (χ0v) is 10.1. The minimum atomic E-state index is 0.0703. The van der Waals surface area contributed by atoms with E-state index in [1.807, 2.05) is 0 Å². The van der Waals surface area contributed by atoms with Crippen molar-refractivity contribution in [3.63, 3.8) is 0 Å². The molecule has 0 spiro atoms. The molecule has 1 rings (SSSR count). The van der Waals surface area contributed by atoms with Crippen LogP contribution in [0.15, 0.2) is 0 Å². The van der Waals surface area contributed by atoms with Crippen molar-refractivity contribution < 1.29 is 0 Å². The molecule has 0 aromatic heterocycles. The van der Waals surface area contributed by atoms with Crippen LogP contribution < -0.4 is 0 Å². The molecule has 0 saturated carbocycles. The third kappa shape index (κ3) is 5.57. The molecule has 0 N–H and O–H groups in total. The molecular weight excluding hydrogens is 175 g/mol. The van der Waals surface area contributed by atoms with E-state index in [0.717, 1.165) is 0 Å². The molecule has 0 atom stereocenters. The van der Waals surface area contributed by atoms with E-state index in [2.05, 4.69) is 12.7 Å². The van der Waals surface area contributed by atoms with E-state index in [9.17, 15) is 0 Å². The average Bonchev–Trinajstić information content (AvgIpc) is 2.63. The van der Waals surface area contributed by atoms with Crippen LogP contribution in [-0.2, 0) is 0 Å². The second-order valence-electron chi connectivity index (χ2n) is 4.27. The lowest BCUT2D eigenvalue weighted by Crippen LogP contribution is -1.80. The van der Waals surface area contributed by atoms with E-state index < -0.39 is 0 Å². The van der Waals surface area contributed by atoms with Gasteiger partial charge in [-0.15, -0.1) is 7.55 Å². The van der Waals surface area contributed by atoms with Gasteiger partial charge in [0.2, 0.25) is 0 Å². The van der Waals surface area contributed by atoms with Gasteiger partial charge in [0.1, 0.15) is 0 Å². The summed E-state index contributed by atoms with van der Waals surface area (Å²) in [6.07, 6.45) is 14.9. The fraction of sp³-hybridized carbons (Fsp3) is 0.917. The summed E-state index contributed by atoms with van der Waals surface area (Å²) in [4.78, 5) is 0. The molecule has 0 bridgehead atoms. The summed E-state index contributed by atoms with van der Waals surface area (Å²) in [5.74, 6) is 2.70. The van der Waals surface area contributed by atoms with E-state index in [0.29, 0.717) is 0 Å². The lowest BCUT2D eigenvalue weighted by molar-refractivity contribution is 0.646. The van der Waals surface area contributed by atoms with Gasteiger partial charge in [0.15, 0.2) is 0 Å². The summed E-state index contributed by atoms with van der Waals surface area (Å²) in [6.45, 7) is 2.29. The highest BCUT2D eigenvalue weighted by molar-refractivity contribution is 7.57. The fourth-order valence-corrected chi connectivity index (χ4v) is 4.77. The van der Waals surface area contributed by atoms with Gasteiger partial charge in [0.05, 0.1) is 0 Å². The van der Waals surface area contributed by atoms with Crippen molar-refractivity contribution in [2.75, 3.05) is 12.3 Å². The monoisotopic (exact) mass is 200 g/mol. The minimum Gasteiger partial charge on any atom is -0.122 e. The molecule has 1 aliphatic heterocycles. The van der Waals surface area contributed by atoms with Crippen LogP contribution in [0.25, 0.3) is 0 Å². The van der Waals surface area contributed by atoms with Gasteiger partial charge >= 0.3 is 0 Å². The summed E-state index contributed by atoms with van der Waals surface area (Å²) in [6, 6.07) is 0. The second-order valence-corrected chi connectivity index (χ2v) is 7.00. The van der Waals surface area contributed by atoms with Gasteiger partial charge in [-0.1, -0.05) is 38.4 Å². The second kappa shape index (κ2) is 7.68. The molecule has 13 heavy (non-hydrogen) atoms. The van der Waals surface area contributed by atoms with Crippen LogP contribution in [0.5, 0.6) is 0 Å². The first-order chi connectivity index (χ1) is 6.43. The van der Waals surface area contributed by atoms with Crippen LogP contribution in [0.4, 0.5) is 0 Å².